The molecule has 0 aromatic carbocycles. The molecule has 0 rings (SSSR count). The molecule has 0 saturated heterocycles. The summed E-state index contributed by atoms with van der Waals surface area (Å²) in [5.74, 6) is -0.0984. The van der Waals surface area contributed by atoms with Crippen molar-refractivity contribution >= 4 is 21.4 Å². The average Bonchev–Trinajstić information content (AvgIpc) is 1.88. The summed E-state index contributed by atoms with van der Waals surface area (Å²) in [4.78, 5) is 0. The molecule has 1 N–H and O–H groups in total. The molecule has 0 fully saturated rings. The standard InChI is InChI=1S/C6H13ClO3S/c1-2-3-6(8)11(9,10)5-4-7/h6,8H,2-5H2,1H3. The molecule has 11 heavy (non-hydrogen) atoms. The predicted molar refractivity (Wildman–Crippen MR) is 45.4 cm³/mol. The molecule has 0 bridgehead atoms. The Morgan fingerprint density at radius 3 is 2.45 bits per heavy atom. The third-order valence-corrected chi connectivity index (χ3v) is 3.56. The van der Waals surface area contributed by atoms with Crippen LogP contribution in [0.3, 0.4) is 0 Å². The topological polar surface area (TPSA) is 54.4 Å². The Kier molecular flexibility index (Phi) is 5.04. The van der Waals surface area contributed by atoms with Crippen molar-refractivity contribution in [2.24, 2.45) is 0 Å². The molecule has 0 spiro atoms. The van der Waals surface area contributed by atoms with Gasteiger partial charge in [-0.3, -0.25) is 0 Å². The zero-order chi connectivity index (χ0) is 8.91. The van der Waals surface area contributed by atoms with E-state index in [0.717, 1.165) is 0 Å². The Morgan fingerprint density at radius 2 is 2.09 bits per heavy atom. The summed E-state index contributed by atoms with van der Waals surface area (Å²) in [6.07, 6.45) is 0.946. The highest BCUT2D eigenvalue weighted by molar-refractivity contribution is 7.91. The van der Waals surface area contributed by atoms with Crippen LogP contribution in [-0.4, -0.2) is 30.6 Å². The summed E-state index contributed by atoms with van der Waals surface area (Å²) in [5.41, 5.74) is -1.23. The molecule has 0 aliphatic carbocycles. The molecule has 1 atom stereocenters. The number of aliphatic hydroxyl groups excluding tert-OH is 1. The Balaban J connectivity index is 4.07. The Bertz CT molecular complexity index is 188. The first-order valence-corrected chi connectivity index (χ1v) is 5.75. The van der Waals surface area contributed by atoms with E-state index in [1.165, 1.54) is 0 Å². The van der Waals surface area contributed by atoms with Gasteiger partial charge in [-0.25, -0.2) is 8.42 Å². The fourth-order valence-electron chi connectivity index (χ4n) is 0.670. The van der Waals surface area contributed by atoms with Crippen LogP contribution in [0.5, 0.6) is 0 Å². The second-order valence-corrected chi connectivity index (χ2v) is 4.96. The monoisotopic (exact) mass is 200 g/mol. The van der Waals surface area contributed by atoms with Crippen molar-refractivity contribution in [3.05, 3.63) is 0 Å². The SMILES string of the molecule is CCCC(O)S(=O)(=O)CCCl. The number of hydrogen-bond acceptors (Lipinski definition) is 3. The summed E-state index contributed by atoms with van der Waals surface area (Å²) in [7, 11) is -3.35. The van der Waals surface area contributed by atoms with E-state index in [4.69, 9.17) is 16.7 Å². The van der Waals surface area contributed by atoms with E-state index in [2.05, 4.69) is 0 Å². The van der Waals surface area contributed by atoms with Crippen LogP contribution in [0, 0.1) is 0 Å². The normalized spacial score (nSPS) is 14.8. The van der Waals surface area contributed by atoms with E-state index in [9.17, 15) is 8.42 Å². The largest absolute Gasteiger partial charge is 0.377 e. The van der Waals surface area contributed by atoms with E-state index in [1.54, 1.807) is 0 Å². The molecule has 0 aromatic heterocycles. The molecule has 3 nitrogen and oxygen atoms in total. The van der Waals surface area contributed by atoms with Crippen LogP contribution < -0.4 is 0 Å². The minimum atomic E-state index is -3.35. The van der Waals surface area contributed by atoms with E-state index < -0.39 is 15.3 Å². The van der Waals surface area contributed by atoms with Gasteiger partial charge in [0.25, 0.3) is 0 Å². The maximum atomic E-state index is 11.0. The first-order chi connectivity index (χ1) is 5.04. The minimum absolute atomic E-state index is 0.0447. The number of halogens is 1. The van der Waals surface area contributed by atoms with Crippen LogP contribution in [-0.2, 0) is 9.84 Å². The molecule has 0 aliphatic rings. The van der Waals surface area contributed by atoms with Crippen LogP contribution in [0.2, 0.25) is 0 Å². The van der Waals surface area contributed by atoms with Crippen molar-refractivity contribution in [2.45, 2.75) is 25.2 Å². The molecule has 0 heterocycles. The summed E-state index contributed by atoms with van der Waals surface area (Å²) in [6, 6.07) is 0. The zero-order valence-corrected chi connectivity index (χ0v) is 8.03. The Morgan fingerprint density at radius 1 is 1.55 bits per heavy atom. The molecular weight excluding hydrogens is 188 g/mol. The summed E-state index contributed by atoms with van der Waals surface area (Å²) in [6.45, 7) is 1.82. The molecular formula is C6H13ClO3S. The maximum absolute atomic E-state index is 11.0. The van der Waals surface area contributed by atoms with Gasteiger partial charge in [0.1, 0.15) is 0 Å². The van der Waals surface area contributed by atoms with Gasteiger partial charge in [0.2, 0.25) is 0 Å². The van der Waals surface area contributed by atoms with Gasteiger partial charge in [0.05, 0.1) is 5.75 Å². The lowest BCUT2D eigenvalue weighted by molar-refractivity contribution is 0.237. The molecule has 68 valence electrons. The number of alkyl halides is 1. The van der Waals surface area contributed by atoms with Gasteiger partial charge < -0.3 is 5.11 Å². The lowest BCUT2D eigenvalue weighted by Crippen LogP contribution is -2.24. The fraction of sp³-hybridized carbons (Fsp3) is 1.00. The molecule has 0 saturated carbocycles. The summed E-state index contributed by atoms with van der Waals surface area (Å²) >= 11 is 5.24. The highest BCUT2D eigenvalue weighted by Gasteiger charge is 2.20. The van der Waals surface area contributed by atoms with Gasteiger partial charge in [0.15, 0.2) is 15.3 Å². The van der Waals surface area contributed by atoms with Crippen molar-refractivity contribution < 1.29 is 13.5 Å². The number of sulfone groups is 1. The van der Waals surface area contributed by atoms with Gasteiger partial charge in [-0.1, -0.05) is 13.3 Å². The smallest absolute Gasteiger partial charge is 0.177 e. The molecule has 1 unspecified atom stereocenters. The lowest BCUT2D eigenvalue weighted by atomic mass is 10.4. The lowest BCUT2D eigenvalue weighted by Gasteiger charge is -2.08. The van der Waals surface area contributed by atoms with Gasteiger partial charge >= 0.3 is 0 Å². The zero-order valence-electron chi connectivity index (χ0n) is 6.46. The number of rotatable bonds is 5. The van der Waals surface area contributed by atoms with Crippen molar-refractivity contribution in [2.75, 3.05) is 11.6 Å². The Labute approximate surface area is 72.3 Å². The fourth-order valence-corrected chi connectivity index (χ4v) is 2.40. The van der Waals surface area contributed by atoms with Gasteiger partial charge in [0, 0.05) is 5.88 Å². The van der Waals surface area contributed by atoms with Crippen LogP contribution in [0.4, 0.5) is 0 Å². The maximum Gasteiger partial charge on any atom is 0.177 e. The van der Waals surface area contributed by atoms with Crippen LogP contribution in [0.15, 0.2) is 0 Å². The first-order valence-electron chi connectivity index (χ1n) is 3.50. The van der Waals surface area contributed by atoms with Crippen molar-refractivity contribution in [1.82, 2.24) is 0 Å². The van der Waals surface area contributed by atoms with Gasteiger partial charge in [-0.15, -0.1) is 11.6 Å². The van der Waals surface area contributed by atoms with Gasteiger partial charge in [-0.2, -0.15) is 0 Å². The Hall–Kier alpha value is 0.200. The van der Waals surface area contributed by atoms with E-state index >= 15 is 0 Å². The number of hydrogen-bond donors (Lipinski definition) is 1. The van der Waals surface area contributed by atoms with E-state index in [0.29, 0.717) is 12.8 Å². The third-order valence-electron chi connectivity index (χ3n) is 1.31. The average molecular weight is 201 g/mol. The molecule has 0 aromatic rings. The predicted octanol–water partition coefficient (Wildman–Crippen LogP) is 0.758. The van der Waals surface area contributed by atoms with Crippen LogP contribution in [0.25, 0.3) is 0 Å². The van der Waals surface area contributed by atoms with Gasteiger partial charge in [-0.05, 0) is 6.42 Å². The summed E-state index contributed by atoms with van der Waals surface area (Å²) < 4.78 is 22.0. The highest BCUT2D eigenvalue weighted by atomic mass is 35.5. The highest BCUT2D eigenvalue weighted by Crippen LogP contribution is 2.06. The number of aliphatic hydroxyl groups is 1. The molecule has 0 aliphatic heterocycles. The van der Waals surface area contributed by atoms with Crippen molar-refractivity contribution in [3.8, 4) is 0 Å². The third kappa shape index (κ3) is 3.94. The second kappa shape index (κ2) is 4.95. The van der Waals surface area contributed by atoms with E-state index in [1.807, 2.05) is 6.92 Å². The van der Waals surface area contributed by atoms with Crippen LogP contribution >= 0.6 is 11.6 Å². The van der Waals surface area contributed by atoms with Crippen molar-refractivity contribution in [3.63, 3.8) is 0 Å². The molecule has 0 amide bonds. The minimum Gasteiger partial charge on any atom is -0.377 e. The molecule has 5 heteroatoms. The van der Waals surface area contributed by atoms with Crippen LogP contribution in [0.1, 0.15) is 19.8 Å². The quantitative estimate of drug-likeness (QED) is 0.667. The second-order valence-electron chi connectivity index (χ2n) is 2.30. The summed E-state index contributed by atoms with van der Waals surface area (Å²) in [5, 5.41) is 9.06. The first kappa shape index (κ1) is 11.2. The van der Waals surface area contributed by atoms with Crippen molar-refractivity contribution in [1.29, 1.82) is 0 Å². The van der Waals surface area contributed by atoms with E-state index in [-0.39, 0.29) is 11.6 Å². The molecule has 0 radical (unpaired) electrons.